The van der Waals surface area contributed by atoms with Crippen molar-refractivity contribution in [2.24, 2.45) is 0 Å². The first-order chi connectivity index (χ1) is 18.1. The minimum absolute atomic E-state index is 0.205. The van der Waals surface area contributed by atoms with Gasteiger partial charge in [0.15, 0.2) is 11.0 Å². The predicted octanol–water partition coefficient (Wildman–Crippen LogP) is 6.65. The number of rotatable bonds is 9. The Bertz CT molecular complexity index is 1270. The van der Waals surface area contributed by atoms with Crippen LogP contribution < -0.4 is 4.72 Å². The van der Waals surface area contributed by atoms with Crippen LogP contribution in [0.2, 0.25) is 0 Å². The minimum Gasteiger partial charge on any atom is -0.305 e. The highest BCUT2D eigenvalue weighted by Gasteiger charge is 2.25. The summed E-state index contributed by atoms with van der Waals surface area (Å²) in [5.74, 6) is 0.872. The molecule has 3 aromatic carbocycles. The Morgan fingerprint density at radius 1 is 0.947 bits per heavy atom. The van der Waals surface area contributed by atoms with E-state index in [2.05, 4.69) is 73.7 Å². The van der Waals surface area contributed by atoms with Gasteiger partial charge in [-0.05, 0) is 102 Å². The smallest absolute Gasteiger partial charge is 0.236 e. The molecule has 5 heteroatoms. The number of carbonyl (C=O) groups is 1. The van der Waals surface area contributed by atoms with Gasteiger partial charge in [-0.3, -0.25) is 9.52 Å². The van der Waals surface area contributed by atoms with E-state index in [1.807, 2.05) is 38.4 Å². The molecule has 0 bridgehead atoms. The fourth-order valence-corrected chi connectivity index (χ4v) is 6.42. The highest BCUT2D eigenvalue weighted by Crippen LogP contribution is 2.37. The van der Waals surface area contributed by atoms with E-state index in [0.717, 1.165) is 36.9 Å². The summed E-state index contributed by atoms with van der Waals surface area (Å²) in [7, 11) is 2.45. The number of fused-ring (bicyclic) bond motifs is 1. The first-order valence-electron chi connectivity index (χ1n) is 13.8. The van der Waals surface area contributed by atoms with Crippen molar-refractivity contribution in [3.8, 4) is 0 Å². The van der Waals surface area contributed by atoms with Crippen molar-refractivity contribution in [1.29, 1.82) is 0 Å². The number of carbonyl (C=O) groups excluding carboxylic acids is 1. The Hall–Kier alpha value is -2.76. The SMILES string of the molecule is CC(C)c1cc(C2CCc3ccccc3C2)cc(C(C)C)c1CC(=O)NS(=O)c1ccc(CN(C)C)cc1. The quantitative estimate of drug-likeness (QED) is 0.337. The van der Waals surface area contributed by atoms with Crippen molar-refractivity contribution in [2.75, 3.05) is 14.1 Å². The molecule has 4 rings (SSSR count). The molecule has 0 heterocycles. The third kappa shape index (κ3) is 6.81. The molecule has 2 atom stereocenters. The summed E-state index contributed by atoms with van der Waals surface area (Å²) in [6, 6.07) is 21.1. The van der Waals surface area contributed by atoms with Gasteiger partial charge >= 0.3 is 0 Å². The summed E-state index contributed by atoms with van der Waals surface area (Å²) in [6.45, 7) is 9.63. The number of nitrogens with one attached hydrogen (secondary N) is 1. The molecule has 1 aliphatic carbocycles. The molecule has 0 saturated carbocycles. The lowest BCUT2D eigenvalue weighted by molar-refractivity contribution is -0.118. The van der Waals surface area contributed by atoms with Crippen LogP contribution in [0.5, 0.6) is 0 Å². The highest BCUT2D eigenvalue weighted by atomic mass is 32.2. The van der Waals surface area contributed by atoms with Crippen LogP contribution in [0, 0.1) is 0 Å². The zero-order chi connectivity index (χ0) is 27.4. The normalized spacial score (nSPS) is 16.1. The summed E-state index contributed by atoms with van der Waals surface area (Å²) >= 11 is 0. The topological polar surface area (TPSA) is 49.4 Å². The summed E-state index contributed by atoms with van der Waals surface area (Å²) in [6.07, 6.45) is 3.57. The standard InChI is InChI=1S/C33H42N2O2S/c1-22(2)30-18-28(27-14-13-25-9-7-8-10-26(25)17-27)19-31(23(3)4)32(30)20-33(36)34-38(37)29-15-11-24(12-16-29)21-35(5)6/h7-12,15-16,18-19,22-23,27H,13-14,17,20-21H2,1-6H3,(H,34,36). The van der Waals surface area contributed by atoms with Crippen molar-refractivity contribution < 1.29 is 9.00 Å². The second kappa shape index (κ2) is 12.4. The molecule has 38 heavy (non-hydrogen) atoms. The third-order valence-corrected chi connectivity index (χ3v) is 8.70. The molecule has 1 N–H and O–H groups in total. The first-order valence-corrected chi connectivity index (χ1v) is 15.0. The van der Waals surface area contributed by atoms with Crippen molar-refractivity contribution >= 4 is 16.9 Å². The monoisotopic (exact) mass is 530 g/mol. The zero-order valence-corrected chi connectivity index (χ0v) is 24.5. The molecule has 1 aliphatic rings. The van der Waals surface area contributed by atoms with E-state index >= 15 is 0 Å². The number of amides is 1. The van der Waals surface area contributed by atoms with Crippen LogP contribution in [-0.2, 0) is 41.6 Å². The number of benzene rings is 3. The lowest BCUT2D eigenvalue weighted by atomic mass is 9.77. The molecule has 202 valence electrons. The van der Waals surface area contributed by atoms with Crippen LogP contribution in [0.25, 0.3) is 0 Å². The average Bonchev–Trinajstić information content (AvgIpc) is 2.88. The summed E-state index contributed by atoms with van der Waals surface area (Å²) in [4.78, 5) is 15.9. The van der Waals surface area contributed by atoms with E-state index in [1.165, 1.54) is 27.8 Å². The van der Waals surface area contributed by atoms with E-state index < -0.39 is 11.0 Å². The summed E-state index contributed by atoms with van der Waals surface area (Å²) in [5, 5.41) is 0. The maximum atomic E-state index is 13.2. The summed E-state index contributed by atoms with van der Waals surface area (Å²) < 4.78 is 15.7. The molecule has 0 saturated heterocycles. The van der Waals surface area contributed by atoms with Crippen LogP contribution >= 0.6 is 0 Å². The molecule has 3 aromatic rings. The third-order valence-electron chi connectivity index (χ3n) is 7.58. The molecular weight excluding hydrogens is 488 g/mol. The van der Waals surface area contributed by atoms with E-state index in [4.69, 9.17) is 0 Å². The Morgan fingerprint density at radius 3 is 2.13 bits per heavy atom. The maximum Gasteiger partial charge on any atom is 0.236 e. The number of hydrogen-bond donors (Lipinski definition) is 1. The molecule has 1 amide bonds. The van der Waals surface area contributed by atoms with Gasteiger partial charge in [-0.25, -0.2) is 4.21 Å². The Morgan fingerprint density at radius 2 is 1.55 bits per heavy atom. The molecule has 0 aliphatic heterocycles. The molecule has 0 radical (unpaired) electrons. The van der Waals surface area contributed by atoms with Crippen molar-refractivity contribution in [3.63, 3.8) is 0 Å². The number of aryl methyl sites for hydroxylation is 1. The van der Waals surface area contributed by atoms with Crippen molar-refractivity contribution in [1.82, 2.24) is 9.62 Å². The van der Waals surface area contributed by atoms with Gasteiger partial charge < -0.3 is 4.90 Å². The number of hydrogen-bond acceptors (Lipinski definition) is 3. The van der Waals surface area contributed by atoms with Gasteiger partial charge in [0.2, 0.25) is 5.91 Å². The van der Waals surface area contributed by atoms with Crippen LogP contribution in [0.4, 0.5) is 0 Å². The predicted molar refractivity (Wildman–Crippen MR) is 158 cm³/mol. The fraction of sp³-hybridized carbons (Fsp3) is 0.424. The zero-order valence-electron chi connectivity index (χ0n) is 23.7. The maximum absolute atomic E-state index is 13.2. The van der Waals surface area contributed by atoms with Crippen LogP contribution in [0.15, 0.2) is 65.6 Å². The van der Waals surface area contributed by atoms with E-state index in [0.29, 0.717) is 22.6 Å². The Balaban J connectivity index is 1.55. The van der Waals surface area contributed by atoms with Gasteiger partial charge in [-0.2, -0.15) is 0 Å². The summed E-state index contributed by atoms with van der Waals surface area (Å²) in [5.41, 5.74) is 9.03. The second-order valence-electron chi connectivity index (χ2n) is 11.5. The minimum atomic E-state index is -1.59. The first kappa shape index (κ1) is 28.3. The molecule has 0 aromatic heterocycles. The van der Waals surface area contributed by atoms with Gasteiger partial charge in [0.05, 0.1) is 11.3 Å². The lowest BCUT2D eigenvalue weighted by Gasteiger charge is -2.28. The molecule has 0 spiro atoms. The Labute approximate surface area is 231 Å². The molecule has 2 unspecified atom stereocenters. The van der Waals surface area contributed by atoms with Crippen molar-refractivity contribution in [2.45, 2.75) is 82.6 Å². The molecule has 0 fully saturated rings. The van der Waals surface area contributed by atoms with Gasteiger partial charge in [-0.15, -0.1) is 0 Å². The lowest BCUT2D eigenvalue weighted by Crippen LogP contribution is -2.28. The van der Waals surface area contributed by atoms with E-state index in [1.54, 1.807) is 0 Å². The van der Waals surface area contributed by atoms with Gasteiger partial charge in [0.1, 0.15) is 0 Å². The van der Waals surface area contributed by atoms with Crippen molar-refractivity contribution in [3.05, 3.63) is 99.6 Å². The van der Waals surface area contributed by atoms with E-state index in [9.17, 15) is 9.00 Å². The van der Waals surface area contributed by atoms with Crippen LogP contribution in [-0.4, -0.2) is 29.1 Å². The largest absolute Gasteiger partial charge is 0.305 e. The average molecular weight is 531 g/mol. The Kier molecular flexibility index (Phi) is 9.22. The van der Waals surface area contributed by atoms with Crippen LogP contribution in [0.3, 0.4) is 0 Å². The highest BCUT2D eigenvalue weighted by molar-refractivity contribution is 7.83. The van der Waals surface area contributed by atoms with E-state index in [-0.39, 0.29) is 12.3 Å². The van der Waals surface area contributed by atoms with Gasteiger partial charge in [-0.1, -0.05) is 76.2 Å². The van der Waals surface area contributed by atoms with Crippen LogP contribution in [0.1, 0.15) is 90.8 Å². The van der Waals surface area contributed by atoms with Gasteiger partial charge in [0, 0.05) is 6.54 Å². The molecular formula is C33H42N2O2S. The second-order valence-corrected chi connectivity index (χ2v) is 12.8. The number of nitrogens with zero attached hydrogens (tertiary/aromatic N) is 1. The molecule has 4 nitrogen and oxygen atoms in total. The fourth-order valence-electron chi connectivity index (χ4n) is 5.64. The van der Waals surface area contributed by atoms with Gasteiger partial charge in [0.25, 0.3) is 0 Å².